The Morgan fingerprint density at radius 3 is 2.85 bits per heavy atom. The zero-order chi connectivity index (χ0) is 14.7. The average molecular weight is 362 g/mol. The van der Waals surface area contributed by atoms with Crippen LogP contribution in [0.2, 0.25) is 5.02 Å². The molecule has 0 spiro atoms. The number of nitrogens with zero attached hydrogens (tertiary/aromatic N) is 3. The van der Waals surface area contributed by atoms with Gasteiger partial charge in [-0.2, -0.15) is 0 Å². The molecule has 2 rings (SSSR count). The van der Waals surface area contributed by atoms with Gasteiger partial charge in [0.1, 0.15) is 5.82 Å². The van der Waals surface area contributed by atoms with Crippen LogP contribution in [0.25, 0.3) is 0 Å². The number of halogens is 3. The first-order chi connectivity index (χ1) is 9.56. The van der Waals surface area contributed by atoms with Crippen LogP contribution in [0.5, 0.6) is 0 Å². The van der Waals surface area contributed by atoms with Crippen molar-refractivity contribution in [1.29, 1.82) is 0 Å². The van der Waals surface area contributed by atoms with Crippen LogP contribution in [0.3, 0.4) is 0 Å². The maximum absolute atomic E-state index is 13.7. The summed E-state index contributed by atoms with van der Waals surface area (Å²) in [5, 5.41) is 11.4. The molecule has 0 bridgehead atoms. The smallest absolute Gasteiger partial charge is 0.153 e. The summed E-state index contributed by atoms with van der Waals surface area (Å²) in [7, 11) is 1.79. The lowest BCUT2D eigenvalue weighted by molar-refractivity contribution is 0.544. The van der Waals surface area contributed by atoms with Gasteiger partial charge in [0.25, 0.3) is 0 Å². The highest BCUT2D eigenvalue weighted by molar-refractivity contribution is 9.10. The van der Waals surface area contributed by atoms with Crippen LogP contribution in [0.1, 0.15) is 30.6 Å². The number of benzene rings is 1. The highest BCUT2D eigenvalue weighted by Gasteiger charge is 2.24. The molecule has 1 aromatic heterocycles. The van der Waals surface area contributed by atoms with Crippen LogP contribution in [0.15, 0.2) is 22.8 Å². The van der Waals surface area contributed by atoms with Gasteiger partial charge >= 0.3 is 0 Å². The summed E-state index contributed by atoms with van der Waals surface area (Å²) in [6.45, 7) is 2.84. The third-order valence-corrected chi connectivity index (χ3v) is 3.95. The standard InChI is InChI=1S/C13H15BrClFN4/c1-3-7-17-11(12-13(14)18-19-20(12)2)8-5-4-6-9(16)10(8)15/h4-6,11,17H,3,7H2,1-2H3. The molecular weight excluding hydrogens is 347 g/mol. The van der Waals surface area contributed by atoms with Crippen LogP contribution in [0.4, 0.5) is 4.39 Å². The molecule has 0 saturated heterocycles. The number of hydrogen-bond acceptors (Lipinski definition) is 3. The first kappa shape index (κ1) is 15.4. The Morgan fingerprint density at radius 1 is 1.50 bits per heavy atom. The molecule has 20 heavy (non-hydrogen) atoms. The molecule has 0 radical (unpaired) electrons. The lowest BCUT2D eigenvalue weighted by Gasteiger charge is -2.20. The molecule has 0 fully saturated rings. The molecule has 4 nitrogen and oxygen atoms in total. The van der Waals surface area contributed by atoms with Crippen molar-refractivity contribution in [3.05, 3.63) is 44.9 Å². The Morgan fingerprint density at radius 2 is 2.25 bits per heavy atom. The quantitative estimate of drug-likeness (QED) is 0.887. The predicted molar refractivity (Wildman–Crippen MR) is 80.2 cm³/mol. The summed E-state index contributed by atoms with van der Waals surface area (Å²) in [6, 6.07) is 4.53. The SMILES string of the molecule is CCCNC(c1cccc(F)c1Cl)c1c(Br)nnn1C. The van der Waals surface area contributed by atoms with Crippen molar-refractivity contribution < 1.29 is 4.39 Å². The Hall–Kier alpha value is -0.980. The van der Waals surface area contributed by atoms with Gasteiger partial charge < -0.3 is 5.32 Å². The average Bonchev–Trinajstić information content (AvgIpc) is 2.75. The van der Waals surface area contributed by atoms with Crippen LogP contribution in [0, 0.1) is 5.82 Å². The highest BCUT2D eigenvalue weighted by Crippen LogP contribution is 2.32. The van der Waals surface area contributed by atoms with Gasteiger partial charge in [0, 0.05) is 7.05 Å². The minimum absolute atomic E-state index is 0.120. The molecule has 1 atom stereocenters. The lowest BCUT2D eigenvalue weighted by atomic mass is 10.0. The van der Waals surface area contributed by atoms with E-state index in [0.717, 1.165) is 18.7 Å². The lowest BCUT2D eigenvalue weighted by Crippen LogP contribution is -2.26. The van der Waals surface area contributed by atoms with E-state index in [1.807, 2.05) is 0 Å². The van der Waals surface area contributed by atoms with Gasteiger partial charge in [-0.25, -0.2) is 9.07 Å². The summed E-state index contributed by atoms with van der Waals surface area (Å²) in [5.41, 5.74) is 1.48. The first-order valence-corrected chi connectivity index (χ1v) is 7.45. The molecule has 7 heteroatoms. The van der Waals surface area contributed by atoms with Crippen molar-refractivity contribution in [3.63, 3.8) is 0 Å². The van der Waals surface area contributed by atoms with Gasteiger partial charge in [0.05, 0.1) is 16.8 Å². The van der Waals surface area contributed by atoms with E-state index < -0.39 is 5.82 Å². The van der Waals surface area contributed by atoms with Crippen LogP contribution < -0.4 is 5.32 Å². The summed E-state index contributed by atoms with van der Waals surface area (Å²) < 4.78 is 16.0. The van der Waals surface area contributed by atoms with E-state index in [4.69, 9.17) is 11.6 Å². The van der Waals surface area contributed by atoms with Crippen molar-refractivity contribution in [2.75, 3.05) is 6.54 Å². The minimum atomic E-state index is -0.432. The predicted octanol–water partition coefficient (Wildman–Crippen LogP) is 3.46. The molecular formula is C13H15BrClFN4. The number of nitrogens with one attached hydrogen (secondary N) is 1. The molecule has 0 aliphatic carbocycles. The van der Waals surface area contributed by atoms with Crippen molar-refractivity contribution in [2.45, 2.75) is 19.4 Å². The molecule has 0 aliphatic heterocycles. The zero-order valence-electron chi connectivity index (χ0n) is 11.2. The van der Waals surface area contributed by atoms with E-state index in [2.05, 4.69) is 38.5 Å². The monoisotopic (exact) mass is 360 g/mol. The Labute approximate surface area is 130 Å². The normalized spacial score (nSPS) is 12.7. The summed E-state index contributed by atoms with van der Waals surface area (Å²) in [4.78, 5) is 0. The van der Waals surface area contributed by atoms with Crippen molar-refractivity contribution in [2.24, 2.45) is 7.05 Å². The van der Waals surface area contributed by atoms with Gasteiger partial charge in [-0.05, 0) is 40.5 Å². The number of aryl methyl sites for hydroxylation is 1. The first-order valence-electron chi connectivity index (χ1n) is 6.28. The van der Waals surface area contributed by atoms with Crippen molar-refractivity contribution in [1.82, 2.24) is 20.3 Å². The molecule has 1 N–H and O–H groups in total. The van der Waals surface area contributed by atoms with E-state index >= 15 is 0 Å². The molecule has 1 unspecified atom stereocenters. The van der Waals surface area contributed by atoms with E-state index in [0.29, 0.717) is 10.2 Å². The largest absolute Gasteiger partial charge is 0.305 e. The fourth-order valence-corrected chi connectivity index (χ4v) is 2.82. The molecule has 0 amide bonds. The molecule has 108 valence electrons. The second-order valence-electron chi connectivity index (χ2n) is 4.42. The Kier molecular flexibility index (Phi) is 5.12. The fraction of sp³-hybridized carbons (Fsp3) is 0.385. The molecule has 0 aliphatic rings. The van der Waals surface area contributed by atoms with Crippen LogP contribution in [-0.2, 0) is 7.05 Å². The van der Waals surface area contributed by atoms with Gasteiger partial charge in [-0.15, -0.1) is 5.10 Å². The molecule has 1 heterocycles. The number of aromatic nitrogens is 3. The minimum Gasteiger partial charge on any atom is -0.305 e. The van der Waals surface area contributed by atoms with Gasteiger partial charge in [0.2, 0.25) is 0 Å². The van der Waals surface area contributed by atoms with E-state index in [1.54, 1.807) is 23.9 Å². The summed E-state index contributed by atoms with van der Waals surface area (Å²) >= 11 is 9.49. The van der Waals surface area contributed by atoms with Crippen LogP contribution >= 0.6 is 27.5 Å². The third kappa shape index (κ3) is 3.02. The maximum atomic E-state index is 13.7. The van der Waals surface area contributed by atoms with E-state index in [-0.39, 0.29) is 11.1 Å². The fourth-order valence-electron chi connectivity index (χ4n) is 2.03. The van der Waals surface area contributed by atoms with Crippen molar-refractivity contribution >= 4 is 27.5 Å². The Bertz CT molecular complexity index is 583. The molecule has 1 aromatic carbocycles. The summed E-state index contributed by atoms with van der Waals surface area (Å²) in [5.74, 6) is -0.432. The van der Waals surface area contributed by atoms with Gasteiger partial charge in [0.15, 0.2) is 4.60 Å². The van der Waals surface area contributed by atoms with E-state index in [9.17, 15) is 4.39 Å². The second-order valence-corrected chi connectivity index (χ2v) is 5.55. The summed E-state index contributed by atoms with van der Waals surface area (Å²) in [6.07, 6.45) is 0.951. The molecule has 2 aromatic rings. The van der Waals surface area contributed by atoms with Gasteiger partial charge in [-0.3, -0.25) is 0 Å². The topological polar surface area (TPSA) is 42.7 Å². The van der Waals surface area contributed by atoms with Gasteiger partial charge in [-0.1, -0.05) is 35.9 Å². The van der Waals surface area contributed by atoms with Crippen LogP contribution in [-0.4, -0.2) is 21.5 Å². The zero-order valence-corrected chi connectivity index (χ0v) is 13.5. The van der Waals surface area contributed by atoms with Crippen molar-refractivity contribution in [3.8, 4) is 0 Å². The second kappa shape index (κ2) is 6.65. The molecule has 0 saturated carbocycles. The number of hydrogen-bond donors (Lipinski definition) is 1. The number of rotatable bonds is 5. The Balaban J connectivity index is 2.50. The maximum Gasteiger partial charge on any atom is 0.153 e. The highest BCUT2D eigenvalue weighted by atomic mass is 79.9. The van der Waals surface area contributed by atoms with E-state index in [1.165, 1.54) is 6.07 Å². The third-order valence-electron chi connectivity index (χ3n) is 2.99.